The Morgan fingerprint density at radius 3 is 2.60 bits per heavy atom. The van der Waals surface area contributed by atoms with Crippen LogP contribution in [0.3, 0.4) is 0 Å². The van der Waals surface area contributed by atoms with E-state index in [0.29, 0.717) is 41.3 Å². The summed E-state index contributed by atoms with van der Waals surface area (Å²) in [6.07, 6.45) is 4.78. The lowest BCUT2D eigenvalue weighted by molar-refractivity contribution is 0.0779. The topological polar surface area (TPSA) is 131 Å². The molecule has 0 aliphatic heterocycles. The molecule has 0 saturated heterocycles. The molecule has 0 fully saturated rings. The summed E-state index contributed by atoms with van der Waals surface area (Å²) in [7, 11) is 3.39. The van der Waals surface area contributed by atoms with E-state index in [2.05, 4.69) is 37.4 Å². The van der Waals surface area contributed by atoms with E-state index in [4.69, 9.17) is 4.74 Å². The minimum absolute atomic E-state index is 0.0395. The Morgan fingerprint density at radius 1 is 1.02 bits per heavy atom. The van der Waals surface area contributed by atoms with Gasteiger partial charge in [-0.25, -0.2) is 23.7 Å². The second-order valence-electron chi connectivity index (χ2n) is 10.7. The van der Waals surface area contributed by atoms with Crippen LogP contribution in [-0.2, 0) is 11.3 Å². The summed E-state index contributed by atoms with van der Waals surface area (Å²) in [6.45, 7) is 1.07. The normalized spacial score (nSPS) is 10.7. The van der Waals surface area contributed by atoms with Crippen molar-refractivity contribution in [3.05, 3.63) is 124 Å². The lowest BCUT2D eigenvalue weighted by Gasteiger charge is -2.17. The standard InChI is InChI=1S/C35H31F2N7O4/c1-43(15-4-16-48-2)33(46)25-8-10-27(11-9-25)41-35-40-19-26-17-23(7-13-31(26)42-35)5-3-14-39-32(45)28-20-38-22-44(34(28)47)21-24-6-12-29(36)30(37)18-24/h6-13,17-20,22H,4,14-16,21H2,1-2H3,(H,39,45)(H,40,41,42). The van der Waals surface area contributed by atoms with E-state index in [1.165, 1.54) is 12.4 Å². The van der Waals surface area contributed by atoms with Gasteiger partial charge in [0.2, 0.25) is 5.95 Å². The molecule has 2 N–H and O–H groups in total. The predicted octanol–water partition coefficient (Wildman–Crippen LogP) is 4.15. The Balaban J connectivity index is 1.16. The molecule has 3 aromatic carbocycles. The van der Waals surface area contributed by atoms with Gasteiger partial charge in [-0.3, -0.25) is 19.0 Å². The number of hydrogen-bond donors (Lipinski definition) is 2. The van der Waals surface area contributed by atoms with E-state index in [9.17, 15) is 23.2 Å². The van der Waals surface area contributed by atoms with E-state index >= 15 is 0 Å². The highest BCUT2D eigenvalue weighted by molar-refractivity contribution is 5.94. The average Bonchev–Trinajstić information content (AvgIpc) is 3.09. The Bertz CT molecular complexity index is 2070. The van der Waals surface area contributed by atoms with Crippen LogP contribution < -0.4 is 16.2 Å². The summed E-state index contributed by atoms with van der Waals surface area (Å²) in [5.74, 6) is 3.44. The minimum atomic E-state index is -1.03. The summed E-state index contributed by atoms with van der Waals surface area (Å²) in [5, 5.41) is 6.48. The van der Waals surface area contributed by atoms with Crippen LogP contribution >= 0.6 is 0 Å². The number of carbonyl (C=O) groups excluding carboxylic acids is 2. The maximum atomic E-state index is 13.6. The summed E-state index contributed by atoms with van der Waals surface area (Å²) in [5.41, 5.74) is 2.16. The lowest BCUT2D eigenvalue weighted by atomic mass is 10.1. The largest absolute Gasteiger partial charge is 0.385 e. The van der Waals surface area contributed by atoms with Gasteiger partial charge in [0.1, 0.15) is 5.56 Å². The van der Waals surface area contributed by atoms with E-state index in [1.54, 1.807) is 61.7 Å². The van der Waals surface area contributed by atoms with Crippen molar-refractivity contribution in [2.75, 3.05) is 39.2 Å². The highest BCUT2D eigenvalue weighted by Crippen LogP contribution is 2.19. The summed E-state index contributed by atoms with van der Waals surface area (Å²) >= 11 is 0. The van der Waals surface area contributed by atoms with Crippen molar-refractivity contribution < 1.29 is 23.1 Å². The first-order chi connectivity index (χ1) is 23.2. The average molecular weight is 652 g/mol. The first-order valence-electron chi connectivity index (χ1n) is 14.9. The Morgan fingerprint density at radius 2 is 1.83 bits per heavy atom. The number of rotatable bonds is 11. The highest BCUT2D eigenvalue weighted by atomic mass is 19.2. The number of anilines is 2. The van der Waals surface area contributed by atoms with Crippen molar-refractivity contribution in [1.29, 1.82) is 0 Å². The molecule has 2 aromatic heterocycles. The van der Waals surface area contributed by atoms with Crippen molar-refractivity contribution in [1.82, 2.24) is 29.7 Å². The van der Waals surface area contributed by atoms with Crippen LogP contribution in [0.2, 0.25) is 0 Å². The fourth-order valence-corrected chi connectivity index (χ4v) is 4.68. The molecule has 0 radical (unpaired) electrons. The van der Waals surface area contributed by atoms with Gasteiger partial charge in [-0.05, 0) is 66.6 Å². The van der Waals surface area contributed by atoms with Gasteiger partial charge < -0.3 is 20.3 Å². The predicted molar refractivity (Wildman–Crippen MR) is 176 cm³/mol. The Kier molecular flexibility index (Phi) is 10.8. The van der Waals surface area contributed by atoms with Crippen LogP contribution in [0, 0.1) is 23.5 Å². The molecule has 5 aromatic rings. The molecule has 5 rings (SSSR count). The van der Waals surface area contributed by atoms with Crippen LogP contribution in [-0.4, -0.2) is 70.1 Å². The fourth-order valence-electron chi connectivity index (χ4n) is 4.68. The van der Waals surface area contributed by atoms with Crippen molar-refractivity contribution in [3.63, 3.8) is 0 Å². The summed E-state index contributed by atoms with van der Waals surface area (Å²) in [6, 6.07) is 15.8. The van der Waals surface area contributed by atoms with Crippen LogP contribution in [0.5, 0.6) is 0 Å². The molecule has 0 spiro atoms. The molecule has 0 aliphatic carbocycles. The van der Waals surface area contributed by atoms with Gasteiger partial charge in [-0.2, -0.15) is 0 Å². The molecule has 0 saturated carbocycles. The molecule has 48 heavy (non-hydrogen) atoms. The zero-order valence-corrected chi connectivity index (χ0v) is 26.2. The van der Waals surface area contributed by atoms with Crippen molar-refractivity contribution >= 4 is 34.4 Å². The number of nitrogens with zero attached hydrogens (tertiary/aromatic N) is 5. The van der Waals surface area contributed by atoms with Gasteiger partial charge in [0.05, 0.1) is 24.9 Å². The second-order valence-corrected chi connectivity index (χ2v) is 10.7. The molecule has 0 aliphatic rings. The number of amides is 2. The minimum Gasteiger partial charge on any atom is -0.385 e. The summed E-state index contributed by atoms with van der Waals surface area (Å²) < 4.78 is 33.0. The van der Waals surface area contributed by atoms with Gasteiger partial charge >= 0.3 is 0 Å². The number of benzene rings is 3. The number of aromatic nitrogens is 4. The van der Waals surface area contributed by atoms with Crippen molar-refractivity contribution in [3.8, 4) is 11.8 Å². The number of methoxy groups -OCH3 is 1. The van der Waals surface area contributed by atoms with Crippen molar-refractivity contribution in [2.24, 2.45) is 0 Å². The number of hydrogen-bond acceptors (Lipinski definition) is 8. The van der Waals surface area contributed by atoms with E-state index in [0.717, 1.165) is 40.4 Å². The number of nitrogens with one attached hydrogen (secondary N) is 2. The van der Waals surface area contributed by atoms with Crippen molar-refractivity contribution in [2.45, 2.75) is 13.0 Å². The maximum Gasteiger partial charge on any atom is 0.266 e. The molecule has 13 heteroatoms. The highest BCUT2D eigenvalue weighted by Gasteiger charge is 2.14. The molecular formula is C35H31F2N7O4. The molecule has 244 valence electrons. The third-order valence-corrected chi connectivity index (χ3v) is 7.21. The number of halogens is 2. The number of ether oxygens (including phenoxy) is 1. The summed E-state index contributed by atoms with van der Waals surface area (Å²) in [4.78, 5) is 52.6. The van der Waals surface area contributed by atoms with Gasteiger partial charge in [0.15, 0.2) is 11.6 Å². The zero-order valence-electron chi connectivity index (χ0n) is 26.2. The van der Waals surface area contributed by atoms with Gasteiger partial charge in [0.25, 0.3) is 17.4 Å². The van der Waals surface area contributed by atoms with Gasteiger partial charge in [-0.15, -0.1) is 0 Å². The molecule has 0 unspecified atom stereocenters. The molecular weight excluding hydrogens is 620 g/mol. The van der Waals surface area contributed by atoms with Gasteiger partial charge in [0, 0.05) is 61.9 Å². The first kappa shape index (κ1) is 33.4. The third-order valence-electron chi connectivity index (χ3n) is 7.21. The third kappa shape index (κ3) is 8.42. The first-order valence-corrected chi connectivity index (χ1v) is 14.9. The fraction of sp³-hybridized carbons (Fsp3) is 0.200. The van der Waals surface area contributed by atoms with Crippen LogP contribution in [0.1, 0.15) is 38.3 Å². The second kappa shape index (κ2) is 15.5. The molecule has 2 amide bonds. The van der Waals surface area contributed by atoms with Crippen LogP contribution in [0.4, 0.5) is 20.4 Å². The molecule has 0 atom stereocenters. The quantitative estimate of drug-likeness (QED) is 0.161. The van der Waals surface area contributed by atoms with Crippen LogP contribution in [0.15, 0.2) is 84.2 Å². The monoisotopic (exact) mass is 651 g/mol. The number of carbonyl (C=O) groups is 2. The van der Waals surface area contributed by atoms with E-state index in [1.807, 2.05) is 6.07 Å². The Labute approximate surface area is 274 Å². The molecule has 0 bridgehead atoms. The Hall–Kier alpha value is -6.00. The van der Waals surface area contributed by atoms with E-state index in [-0.39, 0.29) is 24.6 Å². The molecule has 2 heterocycles. The van der Waals surface area contributed by atoms with E-state index < -0.39 is 23.1 Å². The smallest absolute Gasteiger partial charge is 0.266 e. The SMILES string of the molecule is COCCCN(C)C(=O)c1ccc(Nc2ncc3cc(C#CCNC(=O)c4cncn(Cc5ccc(F)c(F)c5)c4=O)ccc3n2)cc1. The maximum absolute atomic E-state index is 13.6. The lowest BCUT2D eigenvalue weighted by Crippen LogP contribution is -2.33. The van der Waals surface area contributed by atoms with Gasteiger partial charge in [-0.1, -0.05) is 17.9 Å². The zero-order chi connectivity index (χ0) is 34.0. The molecule has 11 nitrogen and oxygen atoms in total. The number of fused-ring (bicyclic) bond motifs is 1. The van der Waals surface area contributed by atoms with Crippen LogP contribution in [0.25, 0.3) is 10.9 Å².